The maximum Gasteiger partial charge on any atom is 0.226 e. The van der Waals surface area contributed by atoms with Gasteiger partial charge in [0, 0.05) is 5.92 Å². The molecule has 2 rings (SSSR count). The van der Waals surface area contributed by atoms with Crippen LogP contribution >= 0.6 is 0 Å². The van der Waals surface area contributed by atoms with Gasteiger partial charge in [0.05, 0.1) is 13.1 Å². The fourth-order valence-corrected chi connectivity index (χ4v) is 2.41. The molecule has 0 aromatic carbocycles. The Bertz CT molecular complexity index is 303. The summed E-state index contributed by atoms with van der Waals surface area (Å²) in [5, 5.41) is 10.1. The van der Waals surface area contributed by atoms with E-state index in [2.05, 4.69) is 12.2 Å². The smallest absolute Gasteiger partial charge is 0.226 e. The van der Waals surface area contributed by atoms with Crippen LogP contribution in [0.15, 0.2) is 12.2 Å². The Morgan fingerprint density at radius 2 is 2.12 bits per heavy atom. The Balaban J connectivity index is 1.87. The normalized spacial score (nSPS) is 28.0. The second-order valence-electron chi connectivity index (χ2n) is 5.43. The lowest BCUT2D eigenvalue weighted by atomic mass is 9.81. The number of carbonyl (C=O) groups excluding carboxylic acids is 1. The SMILES string of the molecule is CC(C)C1(O)CN(C(=O)C2CC=CCC2)C1. The summed E-state index contributed by atoms with van der Waals surface area (Å²) in [5.41, 5.74) is -0.639. The third-order valence-electron chi connectivity index (χ3n) is 3.93. The number of hydrogen-bond donors (Lipinski definition) is 1. The second-order valence-corrected chi connectivity index (χ2v) is 5.43. The van der Waals surface area contributed by atoms with Crippen LogP contribution in [0.5, 0.6) is 0 Å². The van der Waals surface area contributed by atoms with Crippen molar-refractivity contribution in [1.82, 2.24) is 4.90 Å². The van der Waals surface area contributed by atoms with Crippen LogP contribution in [-0.2, 0) is 4.79 Å². The highest BCUT2D eigenvalue weighted by molar-refractivity contribution is 5.80. The molecule has 90 valence electrons. The number of likely N-dealkylation sites (tertiary alicyclic amines) is 1. The van der Waals surface area contributed by atoms with Gasteiger partial charge < -0.3 is 10.0 Å². The summed E-state index contributed by atoms with van der Waals surface area (Å²) in [5.74, 6) is 0.610. The monoisotopic (exact) mass is 223 g/mol. The van der Waals surface area contributed by atoms with Crippen molar-refractivity contribution in [2.45, 2.75) is 38.7 Å². The molecular weight excluding hydrogens is 202 g/mol. The van der Waals surface area contributed by atoms with E-state index in [1.165, 1.54) is 0 Å². The zero-order valence-electron chi connectivity index (χ0n) is 10.1. The lowest BCUT2D eigenvalue weighted by molar-refractivity contribution is -0.167. The van der Waals surface area contributed by atoms with Gasteiger partial charge in [-0.3, -0.25) is 4.79 Å². The average Bonchev–Trinajstić information content (AvgIpc) is 2.25. The van der Waals surface area contributed by atoms with Crippen molar-refractivity contribution in [2.75, 3.05) is 13.1 Å². The lowest BCUT2D eigenvalue weighted by Gasteiger charge is -2.50. The van der Waals surface area contributed by atoms with Gasteiger partial charge in [0.25, 0.3) is 0 Å². The molecule has 0 spiro atoms. The first-order chi connectivity index (χ1) is 7.53. The number of carbonyl (C=O) groups is 1. The van der Waals surface area contributed by atoms with Gasteiger partial charge in [-0.05, 0) is 25.2 Å². The number of nitrogens with zero attached hydrogens (tertiary/aromatic N) is 1. The van der Waals surface area contributed by atoms with Crippen LogP contribution < -0.4 is 0 Å². The Hall–Kier alpha value is -0.830. The summed E-state index contributed by atoms with van der Waals surface area (Å²) in [6, 6.07) is 0. The van der Waals surface area contributed by atoms with Crippen LogP contribution in [0.1, 0.15) is 33.1 Å². The van der Waals surface area contributed by atoms with Gasteiger partial charge in [-0.15, -0.1) is 0 Å². The molecule has 1 heterocycles. The molecule has 16 heavy (non-hydrogen) atoms. The molecule has 0 radical (unpaired) electrons. The second kappa shape index (κ2) is 4.21. The Morgan fingerprint density at radius 1 is 1.44 bits per heavy atom. The lowest BCUT2D eigenvalue weighted by Crippen LogP contribution is -2.66. The fourth-order valence-electron chi connectivity index (χ4n) is 2.41. The van der Waals surface area contributed by atoms with E-state index in [0.29, 0.717) is 13.1 Å². The highest BCUT2D eigenvalue weighted by atomic mass is 16.3. The van der Waals surface area contributed by atoms with E-state index in [0.717, 1.165) is 19.3 Å². The van der Waals surface area contributed by atoms with Gasteiger partial charge in [-0.1, -0.05) is 26.0 Å². The summed E-state index contributed by atoms with van der Waals surface area (Å²) in [7, 11) is 0. The fraction of sp³-hybridized carbons (Fsp3) is 0.769. The first-order valence-corrected chi connectivity index (χ1v) is 6.19. The molecule has 1 saturated heterocycles. The summed E-state index contributed by atoms with van der Waals surface area (Å²) in [6.45, 7) is 5.05. The van der Waals surface area contributed by atoms with Gasteiger partial charge in [0.1, 0.15) is 5.60 Å². The molecule has 3 heteroatoms. The first kappa shape index (κ1) is 11.6. The number of amides is 1. The Kier molecular flexibility index (Phi) is 3.06. The highest BCUT2D eigenvalue weighted by Gasteiger charge is 2.46. The zero-order valence-corrected chi connectivity index (χ0v) is 10.1. The van der Waals surface area contributed by atoms with Crippen LogP contribution in [0, 0.1) is 11.8 Å². The van der Waals surface area contributed by atoms with E-state index < -0.39 is 5.60 Å². The molecule has 0 saturated carbocycles. The van der Waals surface area contributed by atoms with Gasteiger partial charge >= 0.3 is 0 Å². The molecule has 1 amide bonds. The van der Waals surface area contributed by atoms with Crippen molar-refractivity contribution >= 4 is 5.91 Å². The maximum atomic E-state index is 12.1. The molecule has 0 aromatic heterocycles. The number of allylic oxidation sites excluding steroid dienone is 2. The number of aliphatic hydroxyl groups is 1. The molecule has 1 N–H and O–H groups in total. The minimum atomic E-state index is -0.639. The quantitative estimate of drug-likeness (QED) is 0.722. The number of β-amino-alcohol motifs (C(OH)–C–C–N with tert-alkyl or cyclic N) is 1. The van der Waals surface area contributed by atoms with Gasteiger partial charge in [0.2, 0.25) is 5.91 Å². The average molecular weight is 223 g/mol. The van der Waals surface area contributed by atoms with Crippen molar-refractivity contribution < 1.29 is 9.90 Å². The van der Waals surface area contributed by atoms with Crippen molar-refractivity contribution in [1.29, 1.82) is 0 Å². The topological polar surface area (TPSA) is 40.5 Å². The molecule has 2 aliphatic rings. The molecule has 1 aliphatic carbocycles. The number of hydrogen-bond acceptors (Lipinski definition) is 2. The molecule has 1 fully saturated rings. The minimum absolute atomic E-state index is 0.154. The van der Waals surface area contributed by atoms with Crippen LogP contribution in [0.25, 0.3) is 0 Å². The van der Waals surface area contributed by atoms with Crippen molar-refractivity contribution in [2.24, 2.45) is 11.8 Å². The summed E-state index contributed by atoms with van der Waals surface area (Å²) >= 11 is 0. The summed E-state index contributed by atoms with van der Waals surface area (Å²) in [6.07, 6.45) is 7.09. The highest BCUT2D eigenvalue weighted by Crippen LogP contribution is 2.31. The first-order valence-electron chi connectivity index (χ1n) is 6.19. The standard InChI is InChI=1S/C13H21NO2/c1-10(2)13(16)8-14(9-13)12(15)11-6-4-3-5-7-11/h3-4,10-11,16H,5-9H2,1-2H3. The third kappa shape index (κ3) is 2.01. The van der Waals surface area contributed by atoms with Gasteiger partial charge in [-0.2, -0.15) is 0 Å². The van der Waals surface area contributed by atoms with E-state index >= 15 is 0 Å². The van der Waals surface area contributed by atoms with Crippen molar-refractivity contribution in [3.63, 3.8) is 0 Å². The van der Waals surface area contributed by atoms with E-state index in [9.17, 15) is 9.90 Å². The van der Waals surface area contributed by atoms with E-state index in [4.69, 9.17) is 0 Å². The van der Waals surface area contributed by atoms with Crippen molar-refractivity contribution in [3.05, 3.63) is 12.2 Å². The molecule has 0 bridgehead atoms. The minimum Gasteiger partial charge on any atom is -0.386 e. The molecule has 1 unspecified atom stereocenters. The maximum absolute atomic E-state index is 12.1. The summed E-state index contributed by atoms with van der Waals surface area (Å²) < 4.78 is 0. The largest absolute Gasteiger partial charge is 0.386 e. The molecule has 1 aliphatic heterocycles. The molecule has 0 aromatic rings. The summed E-state index contributed by atoms with van der Waals surface area (Å²) in [4.78, 5) is 13.9. The Morgan fingerprint density at radius 3 is 2.62 bits per heavy atom. The zero-order chi connectivity index (χ0) is 11.8. The molecule has 3 nitrogen and oxygen atoms in total. The third-order valence-corrected chi connectivity index (χ3v) is 3.93. The molecular formula is C13H21NO2. The van der Waals surface area contributed by atoms with Crippen LogP contribution in [0.4, 0.5) is 0 Å². The van der Waals surface area contributed by atoms with Crippen LogP contribution in [-0.4, -0.2) is 34.6 Å². The van der Waals surface area contributed by atoms with Crippen molar-refractivity contribution in [3.8, 4) is 0 Å². The number of rotatable bonds is 2. The predicted octanol–water partition coefficient (Wildman–Crippen LogP) is 1.57. The van der Waals surface area contributed by atoms with Gasteiger partial charge in [0.15, 0.2) is 0 Å². The van der Waals surface area contributed by atoms with E-state index in [1.807, 2.05) is 18.7 Å². The van der Waals surface area contributed by atoms with Gasteiger partial charge in [-0.25, -0.2) is 0 Å². The van der Waals surface area contributed by atoms with Crippen LogP contribution in [0.3, 0.4) is 0 Å². The predicted molar refractivity (Wildman–Crippen MR) is 62.8 cm³/mol. The van der Waals surface area contributed by atoms with E-state index in [-0.39, 0.29) is 17.7 Å². The molecule has 1 atom stereocenters. The van der Waals surface area contributed by atoms with Crippen LogP contribution in [0.2, 0.25) is 0 Å². The van der Waals surface area contributed by atoms with E-state index in [1.54, 1.807) is 0 Å². The Labute approximate surface area is 97.1 Å².